The molecule has 0 aliphatic heterocycles. The van der Waals surface area contributed by atoms with Gasteiger partial charge in [0.25, 0.3) is 0 Å². The second kappa shape index (κ2) is 4.33. The molecule has 5 heteroatoms. The number of hydrogen-bond acceptors (Lipinski definition) is 1. The van der Waals surface area contributed by atoms with Crippen molar-refractivity contribution < 1.29 is 13.2 Å². The molecule has 0 aromatic heterocycles. The molecule has 0 unspecified atom stereocenters. The van der Waals surface area contributed by atoms with Gasteiger partial charge in [0.1, 0.15) is 0 Å². The van der Waals surface area contributed by atoms with Crippen molar-refractivity contribution in [1.29, 1.82) is 0 Å². The Balaban J connectivity index is 3.75. The summed E-state index contributed by atoms with van der Waals surface area (Å²) in [5.41, 5.74) is 5.33. The van der Waals surface area contributed by atoms with Crippen LogP contribution in [-0.2, 0) is 0 Å². The average molecular weight is 182 g/mol. The lowest BCUT2D eigenvalue weighted by Crippen LogP contribution is -2.20. The van der Waals surface area contributed by atoms with E-state index in [-0.39, 0.29) is 18.3 Å². The summed E-state index contributed by atoms with van der Waals surface area (Å²) in [6.07, 6.45) is -5.04. The van der Waals surface area contributed by atoms with E-state index in [4.69, 9.17) is 5.73 Å². The van der Waals surface area contributed by atoms with Crippen LogP contribution in [0.25, 0.3) is 0 Å². The first-order valence-corrected chi connectivity index (χ1v) is 3.69. The van der Waals surface area contributed by atoms with Crippen molar-refractivity contribution in [2.75, 3.05) is 6.54 Å². The number of amidine groups is 1. The Morgan fingerprint density at radius 3 is 2.25 bits per heavy atom. The zero-order valence-corrected chi connectivity index (χ0v) is 7.15. The van der Waals surface area contributed by atoms with E-state index in [9.17, 15) is 13.2 Å². The molecule has 0 aromatic rings. The lowest BCUT2D eigenvalue weighted by molar-refractivity contribution is -0.132. The van der Waals surface area contributed by atoms with E-state index in [0.29, 0.717) is 0 Å². The molecule has 72 valence electrons. The third kappa shape index (κ3) is 6.00. The van der Waals surface area contributed by atoms with Crippen LogP contribution < -0.4 is 5.73 Å². The van der Waals surface area contributed by atoms with Crippen molar-refractivity contribution in [2.24, 2.45) is 16.6 Å². The fourth-order valence-electron chi connectivity index (χ4n) is 0.494. The molecule has 0 amide bonds. The molecule has 12 heavy (non-hydrogen) atoms. The van der Waals surface area contributed by atoms with Crippen molar-refractivity contribution in [3.8, 4) is 0 Å². The Hall–Kier alpha value is -0.740. The second-order valence-electron chi connectivity index (χ2n) is 2.83. The van der Waals surface area contributed by atoms with Crippen LogP contribution in [0.3, 0.4) is 0 Å². The van der Waals surface area contributed by atoms with E-state index >= 15 is 0 Å². The molecule has 0 aliphatic carbocycles. The Bertz CT molecular complexity index is 161. The molecule has 0 heterocycles. The van der Waals surface area contributed by atoms with Crippen LogP contribution in [0, 0.1) is 5.92 Å². The molecule has 0 aliphatic rings. The molecule has 0 bridgehead atoms. The molecule has 2 nitrogen and oxygen atoms in total. The minimum Gasteiger partial charge on any atom is -0.387 e. The van der Waals surface area contributed by atoms with Gasteiger partial charge in [-0.05, 0) is 0 Å². The quantitative estimate of drug-likeness (QED) is 0.525. The molecule has 0 spiro atoms. The number of rotatable bonds is 3. The van der Waals surface area contributed by atoms with Gasteiger partial charge in [-0.2, -0.15) is 13.2 Å². The predicted molar refractivity (Wildman–Crippen MR) is 42.0 cm³/mol. The highest BCUT2D eigenvalue weighted by molar-refractivity contribution is 5.82. The lowest BCUT2D eigenvalue weighted by atomic mass is 10.2. The Morgan fingerprint density at radius 2 is 1.92 bits per heavy atom. The zero-order valence-electron chi connectivity index (χ0n) is 7.15. The normalized spacial score (nSPS) is 14.0. The summed E-state index contributed by atoms with van der Waals surface area (Å²) < 4.78 is 34.8. The van der Waals surface area contributed by atoms with Crippen LogP contribution in [0.4, 0.5) is 13.2 Å². The molecule has 0 saturated carbocycles. The van der Waals surface area contributed by atoms with E-state index in [2.05, 4.69) is 4.99 Å². The minimum absolute atomic E-state index is 0.0123. The molecule has 0 rings (SSSR count). The highest BCUT2D eigenvalue weighted by Crippen LogP contribution is 2.18. The first kappa shape index (κ1) is 11.3. The zero-order chi connectivity index (χ0) is 9.78. The maximum Gasteiger partial charge on any atom is 0.390 e. The van der Waals surface area contributed by atoms with Crippen LogP contribution in [0.5, 0.6) is 0 Å². The van der Waals surface area contributed by atoms with Crippen LogP contribution >= 0.6 is 0 Å². The summed E-state index contributed by atoms with van der Waals surface area (Å²) in [6.45, 7) is 3.30. The molecule has 0 saturated heterocycles. The highest BCUT2D eigenvalue weighted by Gasteiger charge is 2.26. The number of halogens is 3. The van der Waals surface area contributed by atoms with Gasteiger partial charge in [0, 0.05) is 12.5 Å². The van der Waals surface area contributed by atoms with E-state index in [1.54, 1.807) is 13.8 Å². The maximum absolute atomic E-state index is 11.6. The van der Waals surface area contributed by atoms with Gasteiger partial charge in [0.2, 0.25) is 0 Å². The van der Waals surface area contributed by atoms with Crippen LogP contribution in [-0.4, -0.2) is 18.6 Å². The van der Waals surface area contributed by atoms with Crippen LogP contribution in [0.15, 0.2) is 4.99 Å². The first-order chi connectivity index (χ1) is 5.33. The summed E-state index contributed by atoms with van der Waals surface area (Å²) in [7, 11) is 0. The number of hydrogen-bond donors (Lipinski definition) is 1. The Labute approximate surface area is 69.7 Å². The first-order valence-electron chi connectivity index (χ1n) is 3.69. The van der Waals surface area contributed by atoms with Gasteiger partial charge >= 0.3 is 6.18 Å². The number of aliphatic imine (C=N–C) groups is 1. The van der Waals surface area contributed by atoms with E-state index in [1.807, 2.05) is 0 Å². The van der Waals surface area contributed by atoms with Gasteiger partial charge in [-0.15, -0.1) is 0 Å². The highest BCUT2D eigenvalue weighted by atomic mass is 19.4. The van der Waals surface area contributed by atoms with Crippen molar-refractivity contribution in [3.63, 3.8) is 0 Å². The summed E-state index contributed by atoms with van der Waals surface area (Å²) in [5.74, 6) is 0.289. The van der Waals surface area contributed by atoms with Crippen molar-refractivity contribution in [2.45, 2.75) is 26.4 Å². The van der Waals surface area contributed by atoms with Gasteiger partial charge in [0.05, 0.1) is 12.3 Å². The second-order valence-corrected chi connectivity index (χ2v) is 2.83. The number of nitrogens with zero attached hydrogens (tertiary/aromatic N) is 1. The van der Waals surface area contributed by atoms with Gasteiger partial charge in [0.15, 0.2) is 0 Å². The van der Waals surface area contributed by atoms with Gasteiger partial charge in [-0.3, -0.25) is 4.99 Å². The van der Waals surface area contributed by atoms with Gasteiger partial charge < -0.3 is 5.73 Å². The lowest BCUT2D eigenvalue weighted by Gasteiger charge is -2.05. The average Bonchev–Trinajstić information content (AvgIpc) is 1.84. The van der Waals surface area contributed by atoms with Crippen molar-refractivity contribution in [3.05, 3.63) is 0 Å². The largest absolute Gasteiger partial charge is 0.390 e. The van der Waals surface area contributed by atoms with Crippen molar-refractivity contribution >= 4 is 5.84 Å². The topological polar surface area (TPSA) is 38.4 Å². The molecular weight excluding hydrogens is 169 g/mol. The SMILES string of the molecule is CC(C)C(N)=NCCC(F)(F)F. The van der Waals surface area contributed by atoms with Crippen LogP contribution in [0.1, 0.15) is 20.3 Å². The summed E-state index contributed by atoms with van der Waals surface area (Å²) in [4.78, 5) is 3.58. The standard InChI is InChI=1S/C7H13F3N2/c1-5(2)6(11)12-4-3-7(8,9)10/h5H,3-4H2,1-2H3,(H2,11,12). The molecule has 0 atom stereocenters. The third-order valence-electron chi connectivity index (χ3n) is 1.28. The maximum atomic E-state index is 11.6. The van der Waals surface area contributed by atoms with E-state index in [0.717, 1.165) is 0 Å². The molecule has 0 radical (unpaired) electrons. The summed E-state index contributed by atoms with van der Waals surface area (Å²) >= 11 is 0. The van der Waals surface area contributed by atoms with E-state index in [1.165, 1.54) is 0 Å². The van der Waals surface area contributed by atoms with Crippen LogP contribution in [0.2, 0.25) is 0 Å². The summed E-state index contributed by atoms with van der Waals surface area (Å²) in [5, 5.41) is 0. The monoisotopic (exact) mass is 182 g/mol. The Morgan fingerprint density at radius 1 is 1.42 bits per heavy atom. The van der Waals surface area contributed by atoms with Crippen molar-refractivity contribution in [1.82, 2.24) is 0 Å². The number of alkyl halides is 3. The fourth-order valence-corrected chi connectivity index (χ4v) is 0.494. The smallest absolute Gasteiger partial charge is 0.387 e. The fraction of sp³-hybridized carbons (Fsp3) is 0.857. The number of nitrogens with two attached hydrogens (primary N) is 1. The molecule has 0 aromatic carbocycles. The Kier molecular flexibility index (Phi) is 4.06. The predicted octanol–water partition coefficient (Wildman–Crippen LogP) is 1.95. The van der Waals surface area contributed by atoms with Gasteiger partial charge in [-0.25, -0.2) is 0 Å². The van der Waals surface area contributed by atoms with E-state index < -0.39 is 12.6 Å². The summed E-state index contributed by atoms with van der Waals surface area (Å²) in [6, 6.07) is 0. The minimum atomic E-state index is -4.14. The third-order valence-corrected chi connectivity index (χ3v) is 1.28. The molecular formula is C7H13F3N2. The van der Waals surface area contributed by atoms with Gasteiger partial charge in [-0.1, -0.05) is 13.8 Å². The molecule has 2 N–H and O–H groups in total. The molecule has 0 fully saturated rings.